The summed E-state index contributed by atoms with van der Waals surface area (Å²) in [6.07, 6.45) is -8.75. The second-order valence-electron chi connectivity index (χ2n) is 8.20. The molecule has 2 aromatic rings. The Morgan fingerprint density at radius 3 is 2.06 bits per heavy atom. The molecule has 0 N–H and O–H groups in total. The summed E-state index contributed by atoms with van der Waals surface area (Å²) in [4.78, 5) is -2.13. The highest BCUT2D eigenvalue weighted by molar-refractivity contribution is 7.92. The van der Waals surface area contributed by atoms with Crippen molar-refractivity contribution in [1.29, 1.82) is 0 Å². The minimum Gasteiger partial charge on any atom is -0.266 e. The van der Waals surface area contributed by atoms with Crippen LogP contribution in [-0.2, 0) is 16.2 Å². The van der Waals surface area contributed by atoms with Gasteiger partial charge < -0.3 is 0 Å². The van der Waals surface area contributed by atoms with Crippen molar-refractivity contribution in [2.75, 3.05) is 10.8 Å². The van der Waals surface area contributed by atoms with Crippen LogP contribution in [0.3, 0.4) is 0 Å². The van der Waals surface area contributed by atoms with E-state index in [4.69, 9.17) is 23.2 Å². The number of benzene rings is 2. The van der Waals surface area contributed by atoms with Crippen LogP contribution in [0.15, 0.2) is 53.4 Å². The Balaban J connectivity index is 1.97. The lowest BCUT2D eigenvalue weighted by molar-refractivity contribution is -0.191. The van der Waals surface area contributed by atoms with Crippen LogP contribution in [0.5, 0.6) is 0 Å². The molecule has 2 atom stereocenters. The van der Waals surface area contributed by atoms with Crippen LogP contribution < -0.4 is 4.31 Å². The highest BCUT2D eigenvalue weighted by Crippen LogP contribution is 2.49. The average molecular weight is 548 g/mol. The molecule has 2 aromatic carbocycles. The van der Waals surface area contributed by atoms with Gasteiger partial charge in [0.15, 0.2) is 0 Å². The van der Waals surface area contributed by atoms with E-state index in [1.807, 2.05) is 0 Å². The van der Waals surface area contributed by atoms with E-state index in [0.29, 0.717) is 30.0 Å². The van der Waals surface area contributed by atoms with Crippen molar-refractivity contribution >= 4 is 38.9 Å². The quantitative estimate of drug-likeness (QED) is 0.275. The summed E-state index contributed by atoms with van der Waals surface area (Å²) in [5.74, 6) is -1.80. The molecule has 1 aliphatic rings. The molecule has 0 saturated heterocycles. The molecule has 0 amide bonds. The van der Waals surface area contributed by atoms with Gasteiger partial charge in [0, 0.05) is 11.6 Å². The number of anilines is 1. The maximum atomic E-state index is 13.6. The molecule has 12 heteroatoms. The molecule has 1 saturated carbocycles. The summed E-state index contributed by atoms with van der Waals surface area (Å²) >= 11 is 12.3. The van der Waals surface area contributed by atoms with Gasteiger partial charge in [-0.3, -0.25) is 4.31 Å². The van der Waals surface area contributed by atoms with Crippen molar-refractivity contribution in [2.24, 2.45) is 5.92 Å². The molecule has 34 heavy (non-hydrogen) atoms. The van der Waals surface area contributed by atoms with Crippen LogP contribution in [0.4, 0.5) is 32.0 Å². The lowest BCUT2D eigenvalue weighted by Crippen LogP contribution is -2.46. The Bertz CT molecular complexity index is 1090. The predicted molar refractivity (Wildman–Crippen MR) is 119 cm³/mol. The largest absolute Gasteiger partial charge is 0.416 e. The van der Waals surface area contributed by atoms with Crippen LogP contribution >= 0.6 is 23.2 Å². The Hall–Kier alpha value is -1.65. The summed E-state index contributed by atoms with van der Waals surface area (Å²) in [6.45, 7) is -0.402. The third kappa shape index (κ3) is 5.94. The van der Waals surface area contributed by atoms with Crippen LogP contribution in [0.1, 0.15) is 37.7 Å². The topological polar surface area (TPSA) is 37.4 Å². The maximum absolute atomic E-state index is 13.6. The summed E-state index contributed by atoms with van der Waals surface area (Å²) < 4.78 is 107. The van der Waals surface area contributed by atoms with Crippen LogP contribution in [0, 0.1) is 5.92 Å². The highest BCUT2D eigenvalue weighted by Gasteiger charge is 2.53. The lowest BCUT2D eigenvalue weighted by atomic mass is 9.76. The Morgan fingerprint density at radius 2 is 1.53 bits per heavy atom. The molecule has 1 aliphatic carbocycles. The fourth-order valence-electron chi connectivity index (χ4n) is 4.18. The normalized spacial score (nSPS) is 21.9. The minimum absolute atomic E-state index is 0.0630. The van der Waals surface area contributed by atoms with E-state index in [-0.39, 0.29) is 24.9 Å². The van der Waals surface area contributed by atoms with Crippen molar-refractivity contribution < 1.29 is 34.8 Å². The number of hydrogen-bond donors (Lipinski definition) is 0. The van der Waals surface area contributed by atoms with E-state index < -0.39 is 50.2 Å². The van der Waals surface area contributed by atoms with E-state index in [1.54, 1.807) is 0 Å². The van der Waals surface area contributed by atoms with Gasteiger partial charge >= 0.3 is 12.4 Å². The molecular formula is C22H21Cl2F6NO2S. The SMILES string of the molecule is O=S(=O)(c1ccc(C(F)(F)F)cc1)N(CCC1(Cl)CCCCC1C(F)(F)F)c1ccc(Cl)cc1. The second kappa shape index (κ2) is 9.78. The smallest absolute Gasteiger partial charge is 0.266 e. The average Bonchev–Trinajstić information content (AvgIpc) is 2.74. The van der Waals surface area contributed by atoms with Gasteiger partial charge in [-0.25, -0.2) is 8.42 Å². The van der Waals surface area contributed by atoms with E-state index in [9.17, 15) is 34.8 Å². The van der Waals surface area contributed by atoms with Gasteiger partial charge in [-0.15, -0.1) is 11.6 Å². The molecule has 0 bridgehead atoms. The van der Waals surface area contributed by atoms with Gasteiger partial charge in [-0.2, -0.15) is 26.3 Å². The third-order valence-corrected chi connectivity index (χ3v) is 8.70. The third-order valence-electron chi connectivity index (χ3n) is 5.97. The molecule has 0 spiro atoms. The monoisotopic (exact) mass is 547 g/mol. The first-order chi connectivity index (χ1) is 15.6. The molecule has 188 valence electrons. The van der Waals surface area contributed by atoms with E-state index in [1.165, 1.54) is 24.3 Å². The van der Waals surface area contributed by atoms with Gasteiger partial charge in [-0.05, 0) is 67.8 Å². The summed E-state index contributed by atoms with van der Waals surface area (Å²) in [5, 5.41) is 0.300. The van der Waals surface area contributed by atoms with Gasteiger partial charge in [-0.1, -0.05) is 24.4 Å². The van der Waals surface area contributed by atoms with Crippen molar-refractivity contribution in [3.63, 3.8) is 0 Å². The molecule has 2 unspecified atom stereocenters. The van der Waals surface area contributed by atoms with Gasteiger partial charge in [0.2, 0.25) is 0 Å². The van der Waals surface area contributed by atoms with Gasteiger partial charge in [0.25, 0.3) is 10.0 Å². The van der Waals surface area contributed by atoms with Gasteiger partial charge in [0.05, 0.1) is 26.9 Å². The van der Waals surface area contributed by atoms with Crippen LogP contribution in [0.25, 0.3) is 0 Å². The zero-order valence-corrected chi connectivity index (χ0v) is 20.0. The number of halogens is 8. The zero-order valence-electron chi connectivity index (χ0n) is 17.6. The molecule has 0 radical (unpaired) electrons. The summed E-state index contributed by atoms with van der Waals surface area (Å²) in [7, 11) is -4.43. The standard InChI is InChI=1S/C22H21Cl2F6NO2S/c23-16-6-8-17(9-7-16)31(14-13-20(24)12-2-1-3-19(20)22(28,29)30)34(32,33)18-10-4-15(5-11-18)21(25,26)27/h4-11,19H,1-3,12-14H2. The number of alkyl halides is 7. The fourth-order valence-corrected chi connectivity index (χ4v) is 6.22. The van der Waals surface area contributed by atoms with Crippen molar-refractivity contribution in [3.8, 4) is 0 Å². The van der Waals surface area contributed by atoms with Crippen LogP contribution in [0.2, 0.25) is 5.02 Å². The van der Waals surface area contributed by atoms with E-state index >= 15 is 0 Å². The van der Waals surface area contributed by atoms with Gasteiger partial charge in [0.1, 0.15) is 0 Å². The maximum Gasteiger partial charge on any atom is 0.416 e. The fraction of sp³-hybridized carbons (Fsp3) is 0.455. The first kappa shape index (κ1) is 26.9. The number of rotatable bonds is 6. The molecule has 0 aliphatic heterocycles. The molecule has 1 fully saturated rings. The summed E-state index contributed by atoms with van der Waals surface area (Å²) in [6, 6.07) is 8.45. The van der Waals surface area contributed by atoms with Crippen molar-refractivity contribution in [1.82, 2.24) is 0 Å². The first-order valence-corrected chi connectivity index (χ1v) is 12.6. The predicted octanol–water partition coefficient (Wildman–Crippen LogP) is 7.67. The Morgan fingerprint density at radius 1 is 0.941 bits per heavy atom. The summed E-state index contributed by atoms with van der Waals surface area (Å²) in [5.41, 5.74) is -0.927. The second-order valence-corrected chi connectivity index (χ2v) is 11.3. The molecule has 3 rings (SSSR count). The Kier molecular flexibility index (Phi) is 7.75. The minimum atomic E-state index is -4.66. The van der Waals surface area contributed by atoms with Crippen LogP contribution in [-0.4, -0.2) is 26.0 Å². The molecule has 3 nitrogen and oxygen atoms in total. The first-order valence-electron chi connectivity index (χ1n) is 10.4. The molecular weight excluding hydrogens is 527 g/mol. The number of nitrogens with zero attached hydrogens (tertiary/aromatic N) is 1. The highest BCUT2D eigenvalue weighted by atomic mass is 35.5. The molecule has 0 aromatic heterocycles. The Labute approximate surface area is 203 Å². The van der Waals surface area contributed by atoms with Crippen molar-refractivity contribution in [3.05, 3.63) is 59.1 Å². The van der Waals surface area contributed by atoms with E-state index in [2.05, 4.69) is 0 Å². The zero-order chi connectivity index (χ0) is 25.4. The lowest BCUT2D eigenvalue weighted by Gasteiger charge is -2.41. The number of hydrogen-bond acceptors (Lipinski definition) is 2. The van der Waals surface area contributed by atoms with Crippen molar-refractivity contribution in [2.45, 2.75) is 54.2 Å². The molecule has 0 heterocycles. The number of sulfonamides is 1. The van der Waals surface area contributed by atoms with E-state index in [0.717, 1.165) is 16.4 Å².